The van der Waals surface area contributed by atoms with Crippen LogP contribution in [0.4, 0.5) is 0 Å². The van der Waals surface area contributed by atoms with Crippen LogP contribution in [0.25, 0.3) is 10.9 Å². The first-order chi connectivity index (χ1) is 14.0. The Morgan fingerprint density at radius 2 is 1.86 bits per heavy atom. The molecule has 29 heavy (non-hydrogen) atoms. The number of hydrogen-bond donors (Lipinski definition) is 2. The number of aromatic amines is 1. The van der Waals surface area contributed by atoms with Crippen molar-refractivity contribution in [1.29, 1.82) is 0 Å². The minimum Gasteiger partial charge on any atom is -0.454 e. The number of thiocarbonyl (C=S) groups is 1. The van der Waals surface area contributed by atoms with E-state index in [4.69, 9.17) is 21.7 Å². The summed E-state index contributed by atoms with van der Waals surface area (Å²) in [5.41, 5.74) is 1.31. The van der Waals surface area contributed by atoms with E-state index in [1.54, 1.807) is 0 Å². The monoisotopic (exact) mass is 418 g/mol. The molecule has 1 aromatic heterocycles. The molecule has 0 radical (unpaired) electrons. The Bertz CT molecular complexity index is 911. The maximum absolute atomic E-state index is 12.7. The molecule has 8 heteroatoms. The molecule has 3 rings (SSSR count). The summed E-state index contributed by atoms with van der Waals surface area (Å²) >= 11 is 5.57. The van der Waals surface area contributed by atoms with Gasteiger partial charge in [-0.2, -0.15) is 0 Å². The van der Waals surface area contributed by atoms with Crippen LogP contribution in [0, 0.1) is 0 Å². The number of fused-ring (bicyclic) bond motifs is 2. The van der Waals surface area contributed by atoms with Gasteiger partial charge < -0.3 is 29.6 Å². The summed E-state index contributed by atoms with van der Waals surface area (Å²) in [6.07, 6.45) is 0.984. The highest BCUT2D eigenvalue weighted by Crippen LogP contribution is 2.35. The van der Waals surface area contributed by atoms with Crippen molar-refractivity contribution in [3.05, 3.63) is 34.1 Å². The molecule has 2 N–H and O–H groups in total. The van der Waals surface area contributed by atoms with E-state index >= 15 is 0 Å². The van der Waals surface area contributed by atoms with Crippen molar-refractivity contribution in [3.8, 4) is 11.5 Å². The van der Waals surface area contributed by atoms with E-state index in [2.05, 4.69) is 33.9 Å². The highest BCUT2D eigenvalue weighted by molar-refractivity contribution is 7.80. The van der Waals surface area contributed by atoms with Crippen LogP contribution < -0.4 is 20.3 Å². The summed E-state index contributed by atoms with van der Waals surface area (Å²) in [6, 6.07) is 5.64. The van der Waals surface area contributed by atoms with E-state index < -0.39 is 0 Å². The van der Waals surface area contributed by atoms with E-state index in [1.807, 2.05) is 25.1 Å². The third kappa shape index (κ3) is 5.19. The van der Waals surface area contributed by atoms with E-state index in [9.17, 15) is 4.79 Å². The molecule has 0 fully saturated rings. The van der Waals surface area contributed by atoms with Crippen molar-refractivity contribution in [2.75, 3.05) is 39.5 Å². The van der Waals surface area contributed by atoms with Crippen LogP contribution in [0.2, 0.25) is 0 Å². The van der Waals surface area contributed by atoms with Gasteiger partial charge in [0.1, 0.15) is 0 Å². The quantitative estimate of drug-likeness (QED) is 0.607. The van der Waals surface area contributed by atoms with Crippen LogP contribution in [0.3, 0.4) is 0 Å². The maximum Gasteiger partial charge on any atom is 0.253 e. The molecule has 1 aliphatic heterocycles. The maximum atomic E-state index is 12.7. The summed E-state index contributed by atoms with van der Waals surface area (Å²) in [5.74, 6) is 1.36. The number of ether oxygens (including phenoxy) is 2. The molecule has 0 amide bonds. The summed E-state index contributed by atoms with van der Waals surface area (Å²) < 4.78 is 10.9. The van der Waals surface area contributed by atoms with E-state index in [0.29, 0.717) is 28.7 Å². The molecule has 0 atom stereocenters. The minimum atomic E-state index is -0.107. The predicted octanol–water partition coefficient (Wildman–Crippen LogP) is 2.69. The predicted molar refractivity (Wildman–Crippen MR) is 120 cm³/mol. The number of benzene rings is 1. The summed E-state index contributed by atoms with van der Waals surface area (Å²) in [5, 5.41) is 4.81. The van der Waals surface area contributed by atoms with Gasteiger partial charge in [0.2, 0.25) is 6.79 Å². The van der Waals surface area contributed by atoms with Crippen molar-refractivity contribution in [2.24, 2.45) is 0 Å². The Hall–Kier alpha value is -2.32. The molecular weight excluding hydrogens is 388 g/mol. The Kier molecular flexibility index (Phi) is 7.33. The highest BCUT2D eigenvalue weighted by atomic mass is 32.1. The molecule has 0 saturated heterocycles. The number of nitrogens with one attached hydrogen (secondary N) is 2. The lowest BCUT2D eigenvalue weighted by atomic mass is 10.1. The molecule has 0 bridgehead atoms. The van der Waals surface area contributed by atoms with Gasteiger partial charge in [0.15, 0.2) is 16.6 Å². The minimum absolute atomic E-state index is 0.107. The first kappa shape index (κ1) is 21.4. The number of H-pyrrole nitrogens is 1. The van der Waals surface area contributed by atoms with Gasteiger partial charge in [-0.3, -0.25) is 4.79 Å². The average molecular weight is 419 g/mol. The van der Waals surface area contributed by atoms with Crippen LogP contribution in [-0.4, -0.2) is 59.4 Å². The second-order valence-electron chi connectivity index (χ2n) is 7.05. The largest absolute Gasteiger partial charge is 0.454 e. The van der Waals surface area contributed by atoms with Crippen LogP contribution >= 0.6 is 12.2 Å². The van der Waals surface area contributed by atoms with E-state index in [-0.39, 0.29) is 12.4 Å². The third-order valence-corrected chi connectivity index (χ3v) is 5.59. The Morgan fingerprint density at radius 3 is 2.55 bits per heavy atom. The first-order valence-electron chi connectivity index (χ1n) is 10.3. The normalized spacial score (nSPS) is 12.6. The van der Waals surface area contributed by atoms with Crippen molar-refractivity contribution >= 4 is 28.2 Å². The zero-order valence-electron chi connectivity index (χ0n) is 17.4. The topological polar surface area (TPSA) is 69.8 Å². The van der Waals surface area contributed by atoms with Gasteiger partial charge in [-0.25, -0.2) is 0 Å². The standard InChI is InChI=1S/C21H30N4O3S/c1-4-22-21(29)25(9-7-8-24(5-2)6-3)13-16-10-15-11-18-19(28-14-27-18)12-17(15)23-20(16)26/h10-12H,4-9,13-14H2,1-3H3,(H,22,29)(H,23,26). The van der Waals surface area contributed by atoms with Gasteiger partial charge in [0.25, 0.3) is 5.56 Å². The number of hydrogen-bond acceptors (Lipinski definition) is 5. The Balaban J connectivity index is 1.79. The lowest BCUT2D eigenvalue weighted by molar-refractivity contribution is 0.174. The number of aromatic nitrogens is 1. The highest BCUT2D eigenvalue weighted by Gasteiger charge is 2.17. The van der Waals surface area contributed by atoms with Crippen LogP contribution in [-0.2, 0) is 6.54 Å². The second kappa shape index (κ2) is 9.93. The van der Waals surface area contributed by atoms with Gasteiger partial charge in [-0.15, -0.1) is 0 Å². The zero-order chi connectivity index (χ0) is 20.8. The van der Waals surface area contributed by atoms with Crippen LogP contribution in [0.5, 0.6) is 11.5 Å². The summed E-state index contributed by atoms with van der Waals surface area (Å²) in [4.78, 5) is 20.1. The molecule has 1 aliphatic rings. The number of nitrogens with zero attached hydrogens (tertiary/aromatic N) is 2. The fraction of sp³-hybridized carbons (Fsp3) is 0.524. The molecule has 2 aromatic rings. The lowest BCUT2D eigenvalue weighted by Crippen LogP contribution is -2.41. The fourth-order valence-electron chi connectivity index (χ4n) is 3.50. The Labute approximate surface area is 177 Å². The van der Waals surface area contributed by atoms with E-state index in [0.717, 1.165) is 50.0 Å². The molecule has 2 heterocycles. The van der Waals surface area contributed by atoms with Crippen molar-refractivity contribution in [3.63, 3.8) is 0 Å². The molecule has 1 aromatic carbocycles. The summed E-state index contributed by atoms with van der Waals surface area (Å²) in [6.45, 7) is 11.7. The summed E-state index contributed by atoms with van der Waals surface area (Å²) in [7, 11) is 0. The molecule has 0 saturated carbocycles. The van der Waals surface area contributed by atoms with Crippen LogP contribution in [0.1, 0.15) is 32.8 Å². The average Bonchev–Trinajstić information content (AvgIpc) is 3.16. The molecular formula is C21H30N4O3S. The molecule has 0 unspecified atom stereocenters. The lowest BCUT2D eigenvalue weighted by Gasteiger charge is -2.27. The van der Waals surface area contributed by atoms with Gasteiger partial charge >= 0.3 is 0 Å². The number of pyridine rings is 1. The number of rotatable bonds is 9. The van der Waals surface area contributed by atoms with Gasteiger partial charge in [-0.1, -0.05) is 13.8 Å². The van der Waals surface area contributed by atoms with Gasteiger partial charge in [0, 0.05) is 30.1 Å². The fourth-order valence-corrected chi connectivity index (χ4v) is 3.80. The molecule has 0 spiro atoms. The van der Waals surface area contributed by atoms with Crippen molar-refractivity contribution in [2.45, 2.75) is 33.7 Å². The smallest absolute Gasteiger partial charge is 0.253 e. The Morgan fingerprint density at radius 1 is 1.14 bits per heavy atom. The zero-order valence-corrected chi connectivity index (χ0v) is 18.2. The third-order valence-electron chi connectivity index (χ3n) is 5.19. The second-order valence-corrected chi connectivity index (χ2v) is 7.44. The molecule has 158 valence electrons. The first-order valence-corrected chi connectivity index (χ1v) is 10.7. The van der Waals surface area contributed by atoms with Crippen LogP contribution in [0.15, 0.2) is 23.0 Å². The SMILES string of the molecule is CCNC(=S)N(CCCN(CC)CC)Cc1cc2cc3c(cc2[nH]c1=O)OCO3. The van der Waals surface area contributed by atoms with Gasteiger partial charge in [0.05, 0.1) is 12.1 Å². The van der Waals surface area contributed by atoms with Crippen molar-refractivity contribution in [1.82, 2.24) is 20.1 Å². The molecule has 7 nitrogen and oxygen atoms in total. The molecule has 0 aliphatic carbocycles. The van der Waals surface area contributed by atoms with Gasteiger partial charge in [-0.05, 0) is 57.3 Å². The van der Waals surface area contributed by atoms with E-state index in [1.165, 1.54) is 0 Å². The van der Waals surface area contributed by atoms with Crippen molar-refractivity contribution < 1.29 is 9.47 Å².